The SMILES string of the molecule is CCCn1cncc1-c1nc(C(C)C)n(C(C)(C)C)c1N. The average molecular weight is 289 g/mol. The Balaban J connectivity index is 2.63. The molecule has 2 aromatic rings. The molecule has 5 heteroatoms. The summed E-state index contributed by atoms with van der Waals surface area (Å²) in [6.07, 6.45) is 4.76. The number of aryl methyl sites for hydroxylation is 1. The third-order valence-corrected chi connectivity index (χ3v) is 3.55. The summed E-state index contributed by atoms with van der Waals surface area (Å²) in [5.74, 6) is 2.08. The summed E-state index contributed by atoms with van der Waals surface area (Å²) in [5, 5.41) is 0. The fraction of sp³-hybridized carbons (Fsp3) is 0.625. The topological polar surface area (TPSA) is 61.7 Å². The minimum atomic E-state index is -0.0927. The Hall–Kier alpha value is -1.78. The number of aromatic nitrogens is 4. The van der Waals surface area contributed by atoms with Crippen molar-refractivity contribution in [2.45, 2.75) is 66.0 Å². The molecule has 0 saturated heterocycles. The number of anilines is 1. The summed E-state index contributed by atoms with van der Waals surface area (Å²) < 4.78 is 4.27. The molecule has 0 aromatic carbocycles. The van der Waals surface area contributed by atoms with Crippen LogP contribution in [0.2, 0.25) is 0 Å². The second kappa shape index (κ2) is 5.54. The van der Waals surface area contributed by atoms with Crippen molar-refractivity contribution in [2.24, 2.45) is 0 Å². The van der Waals surface area contributed by atoms with E-state index in [-0.39, 0.29) is 5.54 Å². The molecule has 0 saturated carbocycles. The van der Waals surface area contributed by atoms with E-state index in [9.17, 15) is 0 Å². The Morgan fingerprint density at radius 2 is 1.95 bits per heavy atom. The van der Waals surface area contributed by atoms with Crippen LogP contribution < -0.4 is 5.73 Å². The Kier molecular flexibility index (Phi) is 4.12. The number of nitrogens with zero attached hydrogens (tertiary/aromatic N) is 4. The van der Waals surface area contributed by atoms with Crippen LogP contribution in [0.4, 0.5) is 5.82 Å². The maximum absolute atomic E-state index is 6.44. The van der Waals surface area contributed by atoms with Gasteiger partial charge in [-0.1, -0.05) is 20.8 Å². The first-order valence-electron chi connectivity index (χ1n) is 7.66. The summed E-state index contributed by atoms with van der Waals surface area (Å²) in [5.41, 5.74) is 8.20. The molecule has 0 aliphatic carbocycles. The molecule has 2 N–H and O–H groups in total. The third kappa shape index (κ3) is 2.82. The van der Waals surface area contributed by atoms with Crippen LogP contribution in [0.5, 0.6) is 0 Å². The highest BCUT2D eigenvalue weighted by atomic mass is 15.2. The summed E-state index contributed by atoms with van der Waals surface area (Å²) in [6, 6.07) is 0. The molecule has 0 bridgehead atoms. The molecule has 5 nitrogen and oxygen atoms in total. The fourth-order valence-corrected chi connectivity index (χ4v) is 2.67. The average Bonchev–Trinajstić information content (AvgIpc) is 2.92. The summed E-state index contributed by atoms with van der Waals surface area (Å²) in [4.78, 5) is 9.10. The largest absolute Gasteiger partial charge is 0.383 e. The number of hydrogen-bond donors (Lipinski definition) is 1. The lowest BCUT2D eigenvalue weighted by molar-refractivity contribution is 0.382. The van der Waals surface area contributed by atoms with E-state index in [2.05, 4.69) is 55.7 Å². The van der Waals surface area contributed by atoms with Gasteiger partial charge in [-0.3, -0.25) is 0 Å². The van der Waals surface area contributed by atoms with E-state index < -0.39 is 0 Å². The van der Waals surface area contributed by atoms with Crippen molar-refractivity contribution < 1.29 is 0 Å². The van der Waals surface area contributed by atoms with Gasteiger partial charge in [-0.15, -0.1) is 0 Å². The number of imidazole rings is 2. The third-order valence-electron chi connectivity index (χ3n) is 3.55. The number of nitrogen functional groups attached to an aromatic ring is 1. The number of nitrogens with two attached hydrogens (primary N) is 1. The molecule has 0 spiro atoms. The molecule has 0 amide bonds. The minimum absolute atomic E-state index is 0.0927. The maximum Gasteiger partial charge on any atom is 0.133 e. The molecule has 2 rings (SSSR count). The van der Waals surface area contributed by atoms with Gasteiger partial charge < -0.3 is 14.9 Å². The van der Waals surface area contributed by atoms with Gasteiger partial charge in [-0.25, -0.2) is 9.97 Å². The van der Waals surface area contributed by atoms with Crippen molar-refractivity contribution in [2.75, 3.05) is 5.73 Å². The van der Waals surface area contributed by atoms with Crippen LogP contribution in [0.3, 0.4) is 0 Å². The predicted octanol–water partition coefficient (Wildman–Crippen LogP) is 3.62. The molecule has 116 valence electrons. The first-order chi connectivity index (χ1) is 9.77. The zero-order valence-corrected chi connectivity index (χ0v) is 14.0. The van der Waals surface area contributed by atoms with Crippen LogP contribution in [-0.4, -0.2) is 19.1 Å². The van der Waals surface area contributed by atoms with Crippen LogP contribution in [0.15, 0.2) is 12.5 Å². The van der Waals surface area contributed by atoms with E-state index in [1.807, 2.05) is 12.5 Å². The van der Waals surface area contributed by atoms with Gasteiger partial charge in [0.15, 0.2) is 0 Å². The minimum Gasteiger partial charge on any atom is -0.383 e. The second-order valence-electron chi connectivity index (χ2n) is 6.84. The Morgan fingerprint density at radius 1 is 1.29 bits per heavy atom. The molecular weight excluding hydrogens is 262 g/mol. The highest BCUT2D eigenvalue weighted by Crippen LogP contribution is 2.34. The molecule has 2 aromatic heterocycles. The van der Waals surface area contributed by atoms with E-state index in [1.54, 1.807) is 0 Å². The lowest BCUT2D eigenvalue weighted by Gasteiger charge is -2.26. The lowest BCUT2D eigenvalue weighted by atomic mass is 10.1. The van der Waals surface area contributed by atoms with Crippen LogP contribution in [0.1, 0.15) is 59.7 Å². The van der Waals surface area contributed by atoms with Crippen molar-refractivity contribution in [1.82, 2.24) is 19.1 Å². The normalized spacial score (nSPS) is 12.3. The first kappa shape index (κ1) is 15.6. The van der Waals surface area contributed by atoms with Crippen molar-refractivity contribution in [3.63, 3.8) is 0 Å². The zero-order chi connectivity index (χ0) is 15.8. The Bertz CT molecular complexity index is 613. The van der Waals surface area contributed by atoms with E-state index in [0.29, 0.717) is 5.92 Å². The lowest BCUT2D eigenvalue weighted by Crippen LogP contribution is -2.26. The van der Waals surface area contributed by atoms with Gasteiger partial charge in [0.1, 0.15) is 17.3 Å². The van der Waals surface area contributed by atoms with Gasteiger partial charge in [-0.2, -0.15) is 0 Å². The molecule has 0 radical (unpaired) electrons. The molecular formula is C16H27N5. The van der Waals surface area contributed by atoms with Gasteiger partial charge in [-0.05, 0) is 27.2 Å². The smallest absolute Gasteiger partial charge is 0.133 e. The summed E-state index contributed by atoms with van der Waals surface area (Å²) >= 11 is 0. The molecule has 2 heterocycles. The summed E-state index contributed by atoms with van der Waals surface area (Å²) in [6.45, 7) is 13.8. The molecule has 0 aliphatic rings. The summed E-state index contributed by atoms with van der Waals surface area (Å²) in [7, 11) is 0. The van der Waals surface area contributed by atoms with Crippen molar-refractivity contribution in [3.8, 4) is 11.4 Å². The maximum atomic E-state index is 6.44. The number of rotatable bonds is 4. The van der Waals surface area contributed by atoms with Crippen LogP contribution in [0.25, 0.3) is 11.4 Å². The first-order valence-corrected chi connectivity index (χ1v) is 7.66. The van der Waals surface area contributed by atoms with Gasteiger partial charge in [0, 0.05) is 18.0 Å². The Morgan fingerprint density at radius 3 is 2.43 bits per heavy atom. The van der Waals surface area contributed by atoms with E-state index in [4.69, 9.17) is 10.7 Å². The zero-order valence-electron chi connectivity index (χ0n) is 14.0. The van der Waals surface area contributed by atoms with Crippen molar-refractivity contribution in [1.29, 1.82) is 0 Å². The molecule has 0 atom stereocenters. The number of hydrogen-bond acceptors (Lipinski definition) is 3. The van der Waals surface area contributed by atoms with Gasteiger partial charge >= 0.3 is 0 Å². The van der Waals surface area contributed by atoms with Crippen LogP contribution in [0, 0.1) is 0 Å². The van der Waals surface area contributed by atoms with Crippen LogP contribution in [-0.2, 0) is 12.1 Å². The molecule has 0 fully saturated rings. The van der Waals surface area contributed by atoms with Crippen LogP contribution >= 0.6 is 0 Å². The molecule has 0 unspecified atom stereocenters. The molecule has 21 heavy (non-hydrogen) atoms. The van der Waals surface area contributed by atoms with Crippen molar-refractivity contribution in [3.05, 3.63) is 18.3 Å². The highest BCUT2D eigenvalue weighted by molar-refractivity contribution is 5.68. The van der Waals surface area contributed by atoms with E-state index >= 15 is 0 Å². The van der Waals surface area contributed by atoms with Gasteiger partial charge in [0.05, 0.1) is 18.2 Å². The standard InChI is InChI=1S/C16H27N5/c1-7-8-20-10-18-9-12(20)13-14(17)21(16(4,5)6)15(19-13)11(2)3/h9-11H,7-8,17H2,1-6H3. The molecule has 0 aliphatic heterocycles. The van der Waals surface area contributed by atoms with Crippen molar-refractivity contribution >= 4 is 5.82 Å². The highest BCUT2D eigenvalue weighted by Gasteiger charge is 2.27. The Labute approximate surface area is 127 Å². The second-order valence-corrected chi connectivity index (χ2v) is 6.84. The van der Waals surface area contributed by atoms with E-state index in [1.165, 1.54) is 0 Å². The van der Waals surface area contributed by atoms with Gasteiger partial charge in [0.25, 0.3) is 0 Å². The monoisotopic (exact) mass is 289 g/mol. The quantitative estimate of drug-likeness (QED) is 0.935. The van der Waals surface area contributed by atoms with E-state index in [0.717, 1.165) is 36.0 Å². The predicted molar refractivity (Wildman–Crippen MR) is 87.2 cm³/mol. The fourth-order valence-electron chi connectivity index (χ4n) is 2.67. The van der Waals surface area contributed by atoms with Gasteiger partial charge in [0.2, 0.25) is 0 Å².